The van der Waals surface area contributed by atoms with Gasteiger partial charge in [0.1, 0.15) is 0 Å². The molecular weight excluding hydrogens is 889 g/mol. The van der Waals surface area contributed by atoms with Crippen LogP contribution in [0.1, 0.15) is 301 Å². The van der Waals surface area contributed by atoms with Gasteiger partial charge < -0.3 is 18.9 Å². The Labute approximate surface area is 443 Å². The molecule has 0 radical (unpaired) electrons. The van der Waals surface area contributed by atoms with Gasteiger partial charge in [0.15, 0.2) is 28.8 Å². The number of unbranched alkanes of at least 4 members (excludes halogenated alkanes) is 36. The molecule has 72 heavy (non-hydrogen) atoms. The highest BCUT2D eigenvalue weighted by Gasteiger charge is 2.18. The molecule has 410 valence electrons. The first-order valence-corrected chi connectivity index (χ1v) is 31.0. The molecule has 0 saturated heterocycles. The summed E-state index contributed by atoms with van der Waals surface area (Å²) >= 11 is 0. The summed E-state index contributed by atoms with van der Waals surface area (Å²) in [6.45, 7) is 11.7. The number of Topliss-reactive ketones (excluding diaryl/α,β-unsaturated/α-hetero) is 1. The molecule has 0 bridgehead atoms. The van der Waals surface area contributed by atoms with Crippen molar-refractivity contribution in [3.05, 3.63) is 53.9 Å². The van der Waals surface area contributed by atoms with E-state index in [9.17, 15) is 4.79 Å². The number of aromatic amines is 1. The van der Waals surface area contributed by atoms with Gasteiger partial charge in [-0.25, -0.2) is 0 Å². The van der Waals surface area contributed by atoms with Gasteiger partial charge in [-0.2, -0.15) is 5.10 Å². The molecule has 7 nitrogen and oxygen atoms in total. The third-order valence-electron chi connectivity index (χ3n) is 14.6. The molecule has 1 N–H and O–H groups in total. The van der Waals surface area contributed by atoms with Crippen molar-refractivity contribution < 1.29 is 23.7 Å². The second-order valence-electron chi connectivity index (χ2n) is 21.3. The molecule has 2 aromatic carbocycles. The minimum Gasteiger partial charge on any atom is -0.490 e. The summed E-state index contributed by atoms with van der Waals surface area (Å²) < 4.78 is 25.7. The number of ether oxygens (including phenoxy) is 4. The van der Waals surface area contributed by atoms with E-state index in [0.29, 0.717) is 37.7 Å². The summed E-state index contributed by atoms with van der Waals surface area (Å²) in [4.78, 5) is 14.1. The van der Waals surface area contributed by atoms with Gasteiger partial charge in [-0.1, -0.05) is 265 Å². The van der Waals surface area contributed by atoms with E-state index in [0.717, 1.165) is 66.2 Å². The lowest BCUT2D eigenvalue weighted by molar-refractivity contribution is 0.0991. The van der Waals surface area contributed by atoms with Gasteiger partial charge in [0.2, 0.25) is 0 Å². The molecule has 0 unspecified atom stereocenters. The second kappa shape index (κ2) is 45.0. The van der Waals surface area contributed by atoms with Crippen LogP contribution < -0.4 is 18.9 Å². The van der Waals surface area contributed by atoms with Gasteiger partial charge in [-0.15, -0.1) is 0 Å². The molecular formula is C65H110N2O5. The summed E-state index contributed by atoms with van der Waals surface area (Å²) in [6, 6.07) is 12.0. The summed E-state index contributed by atoms with van der Waals surface area (Å²) in [5.41, 5.74) is 3.28. The van der Waals surface area contributed by atoms with Crippen LogP contribution in [0.3, 0.4) is 0 Å². The number of rotatable bonds is 52. The van der Waals surface area contributed by atoms with Crippen molar-refractivity contribution in [2.24, 2.45) is 0 Å². The summed E-state index contributed by atoms with van der Waals surface area (Å²) in [6.07, 6.45) is 53.6. The molecule has 3 rings (SSSR count). The number of H-pyrrole nitrogens is 1. The van der Waals surface area contributed by atoms with Gasteiger partial charge in [0.05, 0.1) is 44.7 Å². The third kappa shape index (κ3) is 30.7. The fourth-order valence-electron chi connectivity index (χ4n) is 9.87. The Morgan fingerprint density at radius 1 is 0.375 bits per heavy atom. The molecule has 7 heteroatoms. The van der Waals surface area contributed by atoms with E-state index in [2.05, 4.69) is 50.0 Å². The number of nitrogens with one attached hydrogen (secondary N) is 1. The summed E-state index contributed by atoms with van der Waals surface area (Å²) in [7, 11) is 0. The van der Waals surface area contributed by atoms with Crippen LogP contribution in [0.25, 0.3) is 11.1 Å². The van der Waals surface area contributed by atoms with Crippen molar-refractivity contribution in [1.82, 2.24) is 10.2 Å². The highest BCUT2D eigenvalue weighted by Crippen LogP contribution is 2.35. The Balaban J connectivity index is 1.62. The van der Waals surface area contributed by atoms with Crippen LogP contribution in [0.4, 0.5) is 0 Å². The molecule has 0 fully saturated rings. The number of hydrogen-bond acceptors (Lipinski definition) is 6. The average molecular weight is 1000 g/mol. The average Bonchev–Trinajstić information content (AvgIpc) is 3.86. The number of hydrogen-bond donors (Lipinski definition) is 1. The number of ketones is 1. The zero-order valence-corrected chi connectivity index (χ0v) is 47.3. The van der Waals surface area contributed by atoms with E-state index >= 15 is 0 Å². The van der Waals surface area contributed by atoms with Gasteiger partial charge in [0.25, 0.3) is 0 Å². The normalized spacial score (nSPS) is 11.4. The molecule has 3 aromatic rings. The Kier molecular flexibility index (Phi) is 39.2. The predicted molar refractivity (Wildman–Crippen MR) is 308 cm³/mol. The first kappa shape index (κ1) is 62.8. The van der Waals surface area contributed by atoms with E-state index in [4.69, 9.17) is 18.9 Å². The molecule has 0 aliphatic rings. The number of carbonyl (C=O) groups is 1. The Hall–Kier alpha value is -3.48. The van der Waals surface area contributed by atoms with Crippen molar-refractivity contribution in [3.63, 3.8) is 0 Å². The zero-order valence-electron chi connectivity index (χ0n) is 47.3. The number of nitrogens with zero attached hydrogens (tertiary/aromatic N) is 1. The molecule has 0 aliphatic heterocycles. The Morgan fingerprint density at radius 3 is 1.04 bits per heavy atom. The van der Waals surface area contributed by atoms with Crippen molar-refractivity contribution >= 4 is 5.78 Å². The van der Waals surface area contributed by atoms with Crippen molar-refractivity contribution in [2.45, 2.75) is 291 Å². The fourth-order valence-corrected chi connectivity index (χ4v) is 9.87. The lowest BCUT2D eigenvalue weighted by Gasteiger charge is -2.15. The van der Waals surface area contributed by atoms with Crippen LogP contribution >= 0.6 is 0 Å². The number of carbonyl (C=O) groups excluding carboxylic acids is 1. The standard InChI is InChI=1S/C65H110N2O5/c1-5-9-13-17-21-25-29-33-37-41-49-69-62-47-45-57(53-64(62)71-51-43-39-35-31-27-23-19-15-11-7-3)59-56-66-67-60(59)55-61(68)58-46-48-63(70-50-42-38-34-30-26-22-18-14-10-6-2)65(54-58)72-52-44-40-36-32-28-24-20-16-12-8-4/h45-48,53-54,56H,5-44,49-52,55H2,1-4H3,(H,66,67). The molecule has 0 amide bonds. The molecule has 1 heterocycles. The number of aromatic nitrogens is 2. The molecule has 0 atom stereocenters. The molecule has 0 saturated carbocycles. The number of benzene rings is 2. The topological polar surface area (TPSA) is 82.7 Å². The van der Waals surface area contributed by atoms with Gasteiger partial charge in [-0.3, -0.25) is 9.89 Å². The van der Waals surface area contributed by atoms with Crippen LogP contribution in [0.15, 0.2) is 42.6 Å². The fraction of sp³-hybridized carbons (Fsp3) is 0.754. The lowest BCUT2D eigenvalue weighted by Crippen LogP contribution is -2.08. The summed E-state index contributed by atoms with van der Waals surface area (Å²) in [5, 5.41) is 7.62. The zero-order chi connectivity index (χ0) is 51.2. The highest BCUT2D eigenvalue weighted by atomic mass is 16.5. The van der Waals surface area contributed by atoms with E-state index in [1.54, 1.807) is 0 Å². The quantitative estimate of drug-likeness (QED) is 0.0448. The van der Waals surface area contributed by atoms with Gasteiger partial charge in [-0.05, 0) is 61.6 Å². The van der Waals surface area contributed by atoms with Crippen LogP contribution in [-0.2, 0) is 6.42 Å². The second-order valence-corrected chi connectivity index (χ2v) is 21.3. The molecule has 0 spiro atoms. The van der Waals surface area contributed by atoms with Crippen LogP contribution in [-0.4, -0.2) is 42.4 Å². The molecule has 0 aliphatic carbocycles. The maximum absolute atomic E-state index is 14.1. The van der Waals surface area contributed by atoms with Crippen LogP contribution in [0.2, 0.25) is 0 Å². The first-order valence-electron chi connectivity index (χ1n) is 31.0. The first-order chi connectivity index (χ1) is 35.6. The molecule has 1 aromatic heterocycles. The maximum atomic E-state index is 14.1. The third-order valence-corrected chi connectivity index (χ3v) is 14.6. The maximum Gasteiger partial charge on any atom is 0.168 e. The van der Waals surface area contributed by atoms with E-state index < -0.39 is 0 Å². The lowest BCUT2D eigenvalue weighted by atomic mass is 10.00. The Morgan fingerprint density at radius 2 is 0.681 bits per heavy atom. The SMILES string of the molecule is CCCCCCCCCCCCOc1ccc(C(=O)Cc2[nH]ncc2-c2ccc(OCCCCCCCCCCCC)c(OCCCCCCCCCCCC)c2)cc1OCCCCCCCCCCCC. The van der Waals surface area contributed by atoms with E-state index in [1.807, 2.05) is 30.5 Å². The summed E-state index contributed by atoms with van der Waals surface area (Å²) in [5.74, 6) is 2.98. The van der Waals surface area contributed by atoms with Gasteiger partial charge >= 0.3 is 0 Å². The monoisotopic (exact) mass is 999 g/mol. The van der Waals surface area contributed by atoms with Crippen LogP contribution in [0.5, 0.6) is 23.0 Å². The van der Waals surface area contributed by atoms with Crippen molar-refractivity contribution in [3.8, 4) is 34.1 Å². The van der Waals surface area contributed by atoms with Crippen molar-refractivity contribution in [2.75, 3.05) is 26.4 Å². The largest absolute Gasteiger partial charge is 0.490 e. The van der Waals surface area contributed by atoms with Gasteiger partial charge in [0, 0.05) is 11.1 Å². The van der Waals surface area contributed by atoms with Crippen molar-refractivity contribution in [1.29, 1.82) is 0 Å². The minimum atomic E-state index is 0.0133. The van der Waals surface area contributed by atoms with Crippen LogP contribution in [0, 0.1) is 0 Å². The Bertz CT molecular complexity index is 1700. The smallest absolute Gasteiger partial charge is 0.168 e. The minimum absolute atomic E-state index is 0.0133. The van der Waals surface area contributed by atoms with E-state index in [-0.39, 0.29) is 12.2 Å². The van der Waals surface area contributed by atoms with E-state index in [1.165, 1.54) is 225 Å². The predicted octanol–water partition coefficient (Wildman–Crippen LogP) is 20.7. The highest BCUT2D eigenvalue weighted by molar-refractivity contribution is 5.98.